The molecule has 1 atom stereocenters. The topological polar surface area (TPSA) is 26.0 Å². The number of hydrogen-bond acceptors (Lipinski definition) is 1. The first-order valence-corrected chi connectivity index (χ1v) is 5.09. The Hall–Kier alpha value is -1.24. The molecule has 0 aliphatic rings. The average molecular weight is 271 g/mol. The van der Waals surface area contributed by atoms with Crippen molar-refractivity contribution in [3.63, 3.8) is 0 Å². The molecule has 102 valence electrons. The fourth-order valence-electron chi connectivity index (χ4n) is 1.39. The van der Waals surface area contributed by atoms with E-state index in [1.54, 1.807) is 0 Å². The third-order valence-electron chi connectivity index (χ3n) is 2.42. The van der Waals surface area contributed by atoms with Crippen LogP contribution in [0.4, 0.5) is 26.3 Å². The monoisotopic (exact) mass is 271 g/mol. The van der Waals surface area contributed by atoms with Gasteiger partial charge in [-0.3, -0.25) is 0 Å². The van der Waals surface area contributed by atoms with Crippen LogP contribution in [0.2, 0.25) is 0 Å². The molecule has 0 aliphatic carbocycles. The summed E-state index contributed by atoms with van der Waals surface area (Å²) in [5.41, 5.74) is 4.19. The van der Waals surface area contributed by atoms with E-state index in [4.69, 9.17) is 5.73 Å². The van der Waals surface area contributed by atoms with Gasteiger partial charge < -0.3 is 5.73 Å². The van der Waals surface area contributed by atoms with Gasteiger partial charge in [0.2, 0.25) is 0 Å². The van der Waals surface area contributed by atoms with E-state index in [1.807, 2.05) is 0 Å². The minimum Gasteiger partial charge on any atom is -0.320 e. The van der Waals surface area contributed by atoms with E-state index in [1.165, 1.54) is 6.07 Å². The standard InChI is InChI=1S/C11H11F6N/c12-10(13,14)8-3-1-2-7(6-8)4-5-9(18)11(15,16)17/h1-3,6,9H,4-5,18H2. The molecule has 18 heavy (non-hydrogen) atoms. The van der Waals surface area contributed by atoms with Crippen LogP contribution in [-0.2, 0) is 12.6 Å². The van der Waals surface area contributed by atoms with Gasteiger partial charge in [-0.05, 0) is 24.5 Å². The Labute approximate surface area is 99.6 Å². The highest BCUT2D eigenvalue weighted by atomic mass is 19.4. The van der Waals surface area contributed by atoms with Gasteiger partial charge in [0.15, 0.2) is 0 Å². The molecule has 0 aliphatic heterocycles. The van der Waals surface area contributed by atoms with Crippen molar-refractivity contribution in [3.8, 4) is 0 Å². The fraction of sp³-hybridized carbons (Fsp3) is 0.455. The molecule has 1 aromatic rings. The van der Waals surface area contributed by atoms with Gasteiger partial charge in [0, 0.05) is 0 Å². The molecular weight excluding hydrogens is 260 g/mol. The second kappa shape index (κ2) is 5.17. The lowest BCUT2D eigenvalue weighted by atomic mass is 10.0. The van der Waals surface area contributed by atoms with Crippen LogP contribution in [0.5, 0.6) is 0 Å². The summed E-state index contributed by atoms with van der Waals surface area (Å²) >= 11 is 0. The zero-order chi connectivity index (χ0) is 14.0. The smallest absolute Gasteiger partial charge is 0.320 e. The first-order valence-electron chi connectivity index (χ1n) is 5.09. The second-order valence-electron chi connectivity index (χ2n) is 3.88. The van der Waals surface area contributed by atoms with Crippen molar-refractivity contribution >= 4 is 0 Å². The number of nitrogens with two attached hydrogens (primary N) is 1. The number of halogens is 6. The van der Waals surface area contributed by atoms with Gasteiger partial charge in [-0.1, -0.05) is 18.2 Å². The van der Waals surface area contributed by atoms with Gasteiger partial charge in [0.25, 0.3) is 0 Å². The maximum absolute atomic E-state index is 12.4. The summed E-state index contributed by atoms with van der Waals surface area (Å²) in [7, 11) is 0. The Kier molecular flexibility index (Phi) is 4.26. The minimum atomic E-state index is -4.53. The summed E-state index contributed by atoms with van der Waals surface area (Å²) in [6, 6.07) is 2.19. The Bertz CT molecular complexity index is 395. The lowest BCUT2D eigenvalue weighted by molar-refractivity contribution is -0.148. The van der Waals surface area contributed by atoms with E-state index in [2.05, 4.69) is 0 Å². The van der Waals surface area contributed by atoms with Gasteiger partial charge in [0.1, 0.15) is 6.04 Å². The number of alkyl halides is 6. The van der Waals surface area contributed by atoms with Crippen LogP contribution >= 0.6 is 0 Å². The maximum atomic E-state index is 12.4. The molecule has 1 nitrogen and oxygen atoms in total. The van der Waals surface area contributed by atoms with Crippen molar-refractivity contribution in [1.29, 1.82) is 0 Å². The summed E-state index contributed by atoms with van der Waals surface area (Å²) in [6.07, 6.45) is -9.61. The molecular formula is C11H11F6N. The molecule has 0 fully saturated rings. The maximum Gasteiger partial charge on any atom is 0.416 e. The SMILES string of the molecule is NC(CCc1cccc(C(F)(F)F)c1)C(F)(F)F. The van der Waals surface area contributed by atoms with Crippen molar-refractivity contribution in [1.82, 2.24) is 0 Å². The van der Waals surface area contributed by atoms with Crippen LogP contribution in [0, 0.1) is 0 Å². The fourth-order valence-corrected chi connectivity index (χ4v) is 1.39. The Balaban J connectivity index is 2.69. The van der Waals surface area contributed by atoms with Crippen LogP contribution in [0.25, 0.3) is 0 Å². The van der Waals surface area contributed by atoms with E-state index in [0.717, 1.165) is 18.2 Å². The van der Waals surface area contributed by atoms with Gasteiger partial charge in [-0.15, -0.1) is 0 Å². The van der Waals surface area contributed by atoms with E-state index >= 15 is 0 Å². The van der Waals surface area contributed by atoms with Crippen LogP contribution in [0.15, 0.2) is 24.3 Å². The van der Waals surface area contributed by atoms with E-state index in [-0.39, 0.29) is 12.0 Å². The van der Waals surface area contributed by atoms with Gasteiger partial charge in [0.05, 0.1) is 5.56 Å². The largest absolute Gasteiger partial charge is 0.416 e. The van der Waals surface area contributed by atoms with E-state index in [0.29, 0.717) is 0 Å². The molecule has 0 heterocycles. The van der Waals surface area contributed by atoms with Gasteiger partial charge in [-0.25, -0.2) is 0 Å². The van der Waals surface area contributed by atoms with Crippen molar-refractivity contribution < 1.29 is 26.3 Å². The molecule has 7 heteroatoms. The Morgan fingerprint density at radius 2 is 1.67 bits per heavy atom. The van der Waals surface area contributed by atoms with Gasteiger partial charge in [-0.2, -0.15) is 26.3 Å². The third kappa shape index (κ3) is 4.21. The summed E-state index contributed by atoms with van der Waals surface area (Å²) in [5.74, 6) is 0. The van der Waals surface area contributed by atoms with Crippen molar-refractivity contribution in [2.24, 2.45) is 5.73 Å². The van der Waals surface area contributed by atoms with Crippen molar-refractivity contribution in [2.45, 2.75) is 31.2 Å². The average Bonchev–Trinajstić information content (AvgIpc) is 2.23. The predicted molar refractivity (Wildman–Crippen MR) is 53.8 cm³/mol. The Morgan fingerprint density at radius 1 is 1.06 bits per heavy atom. The first-order chi connectivity index (χ1) is 8.10. The third-order valence-corrected chi connectivity index (χ3v) is 2.42. The predicted octanol–water partition coefficient (Wildman–Crippen LogP) is 3.53. The lowest BCUT2D eigenvalue weighted by Gasteiger charge is -2.15. The summed E-state index contributed by atoms with van der Waals surface area (Å²) in [5, 5.41) is 0. The molecule has 0 amide bonds. The highest BCUT2D eigenvalue weighted by Crippen LogP contribution is 2.30. The summed E-state index contributed by atoms with van der Waals surface area (Å²) in [4.78, 5) is 0. The molecule has 1 aromatic carbocycles. The number of rotatable bonds is 3. The highest BCUT2D eigenvalue weighted by molar-refractivity contribution is 5.25. The molecule has 0 spiro atoms. The number of hydrogen-bond donors (Lipinski definition) is 1. The quantitative estimate of drug-likeness (QED) is 0.836. The summed E-state index contributed by atoms with van der Waals surface area (Å²) in [6.45, 7) is 0. The highest BCUT2D eigenvalue weighted by Gasteiger charge is 2.36. The van der Waals surface area contributed by atoms with E-state index < -0.39 is 30.4 Å². The van der Waals surface area contributed by atoms with Crippen molar-refractivity contribution in [3.05, 3.63) is 35.4 Å². The number of aryl methyl sites for hydroxylation is 1. The van der Waals surface area contributed by atoms with Crippen LogP contribution in [0.1, 0.15) is 17.5 Å². The Morgan fingerprint density at radius 3 is 2.17 bits per heavy atom. The molecule has 0 saturated carbocycles. The van der Waals surface area contributed by atoms with Crippen molar-refractivity contribution in [2.75, 3.05) is 0 Å². The number of benzene rings is 1. The van der Waals surface area contributed by atoms with Crippen LogP contribution in [-0.4, -0.2) is 12.2 Å². The lowest BCUT2D eigenvalue weighted by Crippen LogP contribution is -2.37. The molecule has 2 N–H and O–H groups in total. The van der Waals surface area contributed by atoms with Crippen LogP contribution in [0.3, 0.4) is 0 Å². The molecule has 0 aromatic heterocycles. The normalized spacial score (nSPS) is 14.6. The molecule has 1 rings (SSSR count). The molecule has 1 unspecified atom stereocenters. The molecule has 0 bridgehead atoms. The van der Waals surface area contributed by atoms with E-state index in [9.17, 15) is 26.3 Å². The molecule has 0 radical (unpaired) electrons. The zero-order valence-electron chi connectivity index (χ0n) is 9.15. The zero-order valence-corrected chi connectivity index (χ0v) is 9.15. The summed E-state index contributed by atoms with van der Waals surface area (Å²) < 4.78 is 73.4. The van der Waals surface area contributed by atoms with Crippen LogP contribution < -0.4 is 5.73 Å². The minimum absolute atomic E-state index is 0.148. The first kappa shape index (κ1) is 14.8. The molecule has 0 saturated heterocycles. The van der Waals surface area contributed by atoms with Gasteiger partial charge >= 0.3 is 12.4 Å². The second-order valence-corrected chi connectivity index (χ2v) is 3.88.